The molecule has 0 bridgehead atoms. The minimum Gasteiger partial charge on any atom is -0.497 e. The summed E-state index contributed by atoms with van der Waals surface area (Å²) >= 11 is 0. The average Bonchev–Trinajstić information content (AvgIpc) is 3.08. The van der Waals surface area contributed by atoms with E-state index in [9.17, 15) is 4.79 Å². The van der Waals surface area contributed by atoms with Crippen molar-refractivity contribution in [3.05, 3.63) is 76.9 Å². The van der Waals surface area contributed by atoms with Crippen LogP contribution in [-0.2, 0) is 12.8 Å². The molecule has 4 nitrogen and oxygen atoms in total. The molecular weight excluding hydrogens is 312 g/mol. The third-order valence-corrected chi connectivity index (χ3v) is 4.61. The Bertz CT molecular complexity index is 982. The van der Waals surface area contributed by atoms with Crippen LogP contribution in [0.4, 0.5) is 0 Å². The Morgan fingerprint density at radius 1 is 1.08 bits per heavy atom. The van der Waals surface area contributed by atoms with Crippen molar-refractivity contribution in [3.63, 3.8) is 0 Å². The second-order valence-corrected chi connectivity index (χ2v) is 6.08. The lowest BCUT2D eigenvalue weighted by molar-refractivity contribution is 0.0955. The maximum absolute atomic E-state index is 12.2. The van der Waals surface area contributed by atoms with Crippen LogP contribution < -0.4 is 10.2 Å². The highest BCUT2D eigenvalue weighted by molar-refractivity contribution is 6.03. The van der Waals surface area contributed by atoms with Gasteiger partial charge in [0, 0.05) is 11.1 Å². The first-order valence-corrected chi connectivity index (χ1v) is 8.27. The number of amides is 1. The largest absolute Gasteiger partial charge is 0.497 e. The number of hydrogen-bond donors (Lipinski definition) is 1. The van der Waals surface area contributed by atoms with E-state index >= 15 is 0 Å². The van der Waals surface area contributed by atoms with E-state index in [1.807, 2.05) is 0 Å². The Hall–Kier alpha value is -3.14. The molecule has 25 heavy (non-hydrogen) atoms. The zero-order valence-electron chi connectivity index (χ0n) is 14.0. The van der Waals surface area contributed by atoms with Gasteiger partial charge in [-0.2, -0.15) is 5.10 Å². The monoisotopic (exact) mass is 330 g/mol. The first kappa shape index (κ1) is 15.4. The number of carbonyl (C=O) groups excluding carboxylic acids is 1. The number of nitrogens with zero attached hydrogens (tertiary/aromatic N) is 1. The molecule has 0 atom stereocenters. The van der Waals surface area contributed by atoms with E-state index in [-0.39, 0.29) is 5.91 Å². The van der Waals surface area contributed by atoms with Crippen LogP contribution in [0.1, 0.15) is 27.0 Å². The molecule has 4 rings (SSSR count). The fraction of sp³-hybridized carbons (Fsp3) is 0.143. The van der Waals surface area contributed by atoms with Gasteiger partial charge in [-0.05, 0) is 52.9 Å². The Balaban J connectivity index is 1.57. The predicted molar refractivity (Wildman–Crippen MR) is 99.4 cm³/mol. The fourth-order valence-electron chi connectivity index (χ4n) is 3.37. The fourth-order valence-corrected chi connectivity index (χ4v) is 3.37. The van der Waals surface area contributed by atoms with Crippen molar-refractivity contribution in [2.24, 2.45) is 5.10 Å². The van der Waals surface area contributed by atoms with E-state index in [4.69, 9.17) is 4.74 Å². The lowest BCUT2D eigenvalue weighted by atomic mass is 10.0. The molecule has 1 amide bonds. The second kappa shape index (κ2) is 6.40. The summed E-state index contributed by atoms with van der Waals surface area (Å²) in [5.41, 5.74) is 6.89. The smallest absolute Gasteiger partial charge is 0.271 e. The molecule has 3 aromatic carbocycles. The SMILES string of the molecule is COc1cccc(C(=O)N/N=C/c2ccc3c4c(cccc24)CC3)c1. The van der Waals surface area contributed by atoms with E-state index in [1.165, 1.54) is 21.9 Å². The lowest BCUT2D eigenvalue weighted by Crippen LogP contribution is -2.17. The van der Waals surface area contributed by atoms with Crippen LogP contribution in [0.3, 0.4) is 0 Å². The molecule has 0 radical (unpaired) electrons. The van der Waals surface area contributed by atoms with E-state index in [2.05, 4.69) is 40.9 Å². The predicted octanol–water partition coefficient (Wildman–Crippen LogP) is 3.71. The molecular formula is C21H18N2O2. The van der Waals surface area contributed by atoms with Crippen LogP contribution in [0.25, 0.3) is 10.8 Å². The summed E-state index contributed by atoms with van der Waals surface area (Å²) in [6.07, 6.45) is 3.90. The van der Waals surface area contributed by atoms with Gasteiger partial charge in [-0.3, -0.25) is 4.79 Å². The van der Waals surface area contributed by atoms with Gasteiger partial charge in [-0.25, -0.2) is 5.43 Å². The maximum atomic E-state index is 12.2. The quantitative estimate of drug-likeness (QED) is 0.585. The number of hydrogen-bond acceptors (Lipinski definition) is 3. The van der Waals surface area contributed by atoms with Gasteiger partial charge in [0.15, 0.2) is 0 Å². The average molecular weight is 330 g/mol. The van der Waals surface area contributed by atoms with Gasteiger partial charge in [0.05, 0.1) is 13.3 Å². The molecule has 4 heteroatoms. The normalized spacial score (nSPS) is 12.7. The van der Waals surface area contributed by atoms with Crippen LogP contribution in [0.2, 0.25) is 0 Å². The Morgan fingerprint density at radius 2 is 1.88 bits per heavy atom. The molecule has 1 aliphatic rings. The van der Waals surface area contributed by atoms with Gasteiger partial charge >= 0.3 is 0 Å². The van der Waals surface area contributed by atoms with Crippen molar-refractivity contribution in [1.82, 2.24) is 5.43 Å². The Kier molecular flexibility index (Phi) is 3.94. The molecule has 0 aromatic heterocycles. The number of benzene rings is 3. The summed E-state index contributed by atoms with van der Waals surface area (Å²) in [6.45, 7) is 0. The molecule has 1 aliphatic carbocycles. The highest BCUT2D eigenvalue weighted by Crippen LogP contribution is 2.32. The first-order valence-electron chi connectivity index (χ1n) is 8.27. The number of rotatable bonds is 4. The van der Waals surface area contributed by atoms with Crippen molar-refractivity contribution < 1.29 is 9.53 Å². The Labute approximate surface area is 146 Å². The summed E-state index contributed by atoms with van der Waals surface area (Å²) in [5.74, 6) is 0.380. The molecule has 0 spiro atoms. The summed E-state index contributed by atoms with van der Waals surface area (Å²) in [6, 6.07) is 17.6. The van der Waals surface area contributed by atoms with Crippen molar-refractivity contribution in [2.45, 2.75) is 12.8 Å². The van der Waals surface area contributed by atoms with Crippen molar-refractivity contribution >= 4 is 22.9 Å². The number of carbonyl (C=O) groups is 1. The van der Waals surface area contributed by atoms with Crippen LogP contribution in [0.5, 0.6) is 5.75 Å². The second-order valence-electron chi connectivity index (χ2n) is 6.08. The summed E-state index contributed by atoms with van der Waals surface area (Å²) in [4.78, 5) is 12.2. The lowest BCUT2D eigenvalue weighted by Gasteiger charge is -2.06. The number of hydrazone groups is 1. The zero-order valence-corrected chi connectivity index (χ0v) is 14.0. The third-order valence-electron chi connectivity index (χ3n) is 4.61. The minimum absolute atomic E-state index is 0.263. The molecule has 0 fully saturated rings. The van der Waals surface area contributed by atoms with Gasteiger partial charge in [0.25, 0.3) is 5.91 Å². The highest BCUT2D eigenvalue weighted by Gasteiger charge is 2.15. The molecule has 0 saturated heterocycles. The maximum Gasteiger partial charge on any atom is 0.271 e. The van der Waals surface area contributed by atoms with Crippen LogP contribution >= 0.6 is 0 Å². The summed E-state index contributed by atoms with van der Waals surface area (Å²) in [5, 5.41) is 6.66. The molecule has 1 N–H and O–H groups in total. The van der Waals surface area contributed by atoms with E-state index in [0.29, 0.717) is 11.3 Å². The van der Waals surface area contributed by atoms with E-state index in [1.54, 1.807) is 37.6 Å². The molecule has 3 aromatic rings. The zero-order chi connectivity index (χ0) is 17.2. The van der Waals surface area contributed by atoms with Crippen LogP contribution in [0, 0.1) is 0 Å². The van der Waals surface area contributed by atoms with Gasteiger partial charge in [-0.15, -0.1) is 0 Å². The molecule has 0 saturated carbocycles. The number of nitrogens with one attached hydrogen (secondary N) is 1. The van der Waals surface area contributed by atoms with Gasteiger partial charge in [0.1, 0.15) is 5.75 Å². The minimum atomic E-state index is -0.263. The first-order chi connectivity index (χ1) is 12.3. The number of aryl methyl sites for hydroxylation is 2. The van der Waals surface area contributed by atoms with Gasteiger partial charge < -0.3 is 4.74 Å². The summed E-state index contributed by atoms with van der Waals surface area (Å²) in [7, 11) is 1.57. The van der Waals surface area contributed by atoms with Crippen molar-refractivity contribution in [2.75, 3.05) is 7.11 Å². The molecule has 0 heterocycles. The molecule has 124 valence electrons. The summed E-state index contributed by atoms with van der Waals surface area (Å²) < 4.78 is 5.14. The van der Waals surface area contributed by atoms with E-state index in [0.717, 1.165) is 18.4 Å². The van der Waals surface area contributed by atoms with Crippen molar-refractivity contribution in [3.8, 4) is 5.75 Å². The van der Waals surface area contributed by atoms with E-state index < -0.39 is 0 Å². The highest BCUT2D eigenvalue weighted by atomic mass is 16.5. The number of ether oxygens (including phenoxy) is 1. The Morgan fingerprint density at radius 3 is 2.72 bits per heavy atom. The molecule has 0 unspecified atom stereocenters. The topological polar surface area (TPSA) is 50.7 Å². The number of methoxy groups -OCH3 is 1. The van der Waals surface area contributed by atoms with Crippen molar-refractivity contribution in [1.29, 1.82) is 0 Å². The van der Waals surface area contributed by atoms with Crippen LogP contribution in [-0.4, -0.2) is 19.2 Å². The third kappa shape index (κ3) is 2.87. The van der Waals surface area contributed by atoms with Gasteiger partial charge in [0.2, 0.25) is 0 Å². The standard InChI is InChI=1S/C21H18N2O2/c1-25-18-6-2-5-16(12-18)21(24)23-22-13-17-11-10-15-9-8-14-4-3-7-19(17)20(14)15/h2-7,10-13H,8-9H2,1H3,(H,23,24)/b22-13+. The molecule has 0 aliphatic heterocycles. The van der Waals surface area contributed by atoms with Gasteiger partial charge in [-0.1, -0.05) is 36.4 Å². The van der Waals surface area contributed by atoms with Crippen LogP contribution in [0.15, 0.2) is 59.7 Å².